The fraction of sp³-hybridized carbons (Fsp3) is 0.368. The molecule has 2 nitrogen and oxygen atoms in total. The van der Waals surface area contributed by atoms with E-state index >= 15 is 0 Å². The van der Waals surface area contributed by atoms with E-state index in [1.165, 1.54) is 16.7 Å². The second-order valence-corrected chi connectivity index (χ2v) is 5.56. The summed E-state index contributed by atoms with van der Waals surface area (Å²) in [5.74, 6) is 0. The van der Waals surface area contributed by atoms with Crippen LogP contribution in [0.15, 0.2) is 54.6 Å². The number of ether oxygens (including phenoxy) is 1. The Hall–Kier alpha value is -1.35. The van der Waals surface area contributed by atoms with Crippen molar-refractivity contribution in [2.45, 2.75) is 19.4 Å². The highest BCUT2D eigenvalue weighted by atomic mass is 35.5. The first kappa shape index (κ1) is 18.7. The first-order chi connectivity index (χ1) is 10.2. The fourth-order valence-corrected chi connectivity index (χ4v) is 2.29. The maximum Gasteiger partial charge on any atom is 0.108 e. The molecule has 0 aliphatic carbocycles. The molecule has 2 rings (SSSR count). The van der Waals surface area contributed by atoms with Crippen molar-refractivity contribution < 1.29 is 4.74 Å². The predicted molar refractivity (Wildman–Crippen MR) is 95.9 cm³/mol. The van der Waals surface area contributed by atoms with Crippen LogP contribution in [0.1, 0.15) is 29.7 Å². The number of hydrogen-bond donors (Lipinski definition) is 0. The van der Waals surface area contributed by atoms with Crippen LogP contribution in [0.5, 0.6) is 0 Å². The van der Waals surface area contributed by atoms with Crippen molar-refractivity contribution in [1.82, 2.24) is 4.90 Å². The molecule has 22 heavy (non-hydrogen) atoms. The topological polar surface area (TPSA) is 12.5 Å². The van der Waals surface area contributed by atoms with Crippen molar-refractivity contribution in [2.24, 2.45) is 0 Å². The summed E-state index contributed by atoms with van der Waals surface area (Å²) in [7, 11) is 4.13. The van der Waals surface area contributed by atoms with Crippen molar-refractivity contribution in [3.05, 3.63) is 71.3 Å². The lowest BCUT2D eigenvalue weighted by Gasteiger charge is -2.20. The van der Waals surface area contributed by atoms with Gasteiger partial charge in [-0.25, -0.2) is 0 Å². The van der Waals surface area contributed by atoms with Crippen LogP contribution in [0, 0.1) is 0 Å². The zero-order chi connectivity index (χ0) is 15.1. The molecular weight excluding hydrogens is 294 g/mol. The van der Waals surface area contributed by atoms with Gasteiger partial charge in [-0.05, 0) is 37.2 Å². The Balaban J connectivity index is 0.00000242. The number of nitrogens with zero attached hydrogens (tertiary/aromatic N) is 1. The minimum absolute atomic E-state index is 0. The second kappa shape index (κ2) is 9.62. The molecule has 0 aromatic heterocycles. The maximum atomic E-state index is 6.16. The zero-order valence-electron chi connectivity index (χ0n) is 13.7. The third kappa shape index (κ3) is 5.45. The minimum Gasteiger partial charge on any atom is -0.367 e. The first-order valence-electron chi connectivity index (χ1n) is 7.61. The van der Waals surface area contributed by atoms with Gasteiger partial charge in [-0.3, -0.25) is 0 Å². The number of hydrogen-bond acceptors (Lipinski definition) is 2. The SMILES string of the molecule is CCc1ccc(C(OCCN(C)C)c2ccccc2)cc1.Cl. The molecule has 0 amide bonds. The minimum atomic E-state index is 0. The van der Waals surface area contributed by atoms with Gasteiger partial charge < -0.3 is 9.64 Å². The molecule has 0 aliphatic rings. The van der Waals surface area contributed by atoms with E-state index in [1.54, 1.807) is 0 Å². The molecule has 1 unspecified atom stereocenters. The van der Waals surface area contributed by atoms with E-state index in [0.717, 1.165) is 19.6 Å². The van der Waals surface area contributed by atoms with Crippen molar-refractivity contribution in [3.63, 3.8) is 0 Å². The van der Waals surface area contributed by atoms with E-state index in [1.807, 2.05) is 6.07 Å². The molecule has 0 fully saturated rings. The molecule has 1 atom stereocenters. The van der Waals surface area contributed by atoms with Crippen LogP contribution < -0.4 is 0 Å². The van der Waals surface area contributed by atoms with E-state index in [0.29, 0.717) is 0 Å². The Labute approximate surface area is 140 Å². The molecule has 0 spiro atoms. The van der Waals surface area contributed by atoms with E-state index in [2.05, 4.69) is 74.4 Å². The van der Waals surface area contributed by atoms with Crippen LogP contribution in [0.2, 0.25) is 0 Å². The van der Waals surface area contributed by atoms with Crippen molar-refractivity contribution >= 4 is 12.4 Å². The molecule has 2 aromatic carbocycles. The van der Waals surface area contributed by atoms with Crippen LogP contribution >= 0.6 is 12.4 Å². The van der Waals surface area contributed by atoms with Crippen LogP contribution in [0.3, 0.4) is 0 Å². The highest BCUT2D eigenvalue weighted by molar-refractivity contribution is 5.85. The Kier molecular flexibility index (Phi) is 8.18. The number of aryl methyl sites for hydroxylation is 1. The second-order valence-electron chi connectivity index (χ2n) is 5.56. The normalized spacial score (nSPS) is 12.0. The number of benzene rings is 2. The summed E-state index contributed by atoms with van der Waals surface area (Å²) in [6, 6.07) is 19.2. The Bertz CT molecular complexity index is 525. The van der Waals surface area contributed by atoms with Gasteiger partial charge in [0.1, 0.15) is 6.10 Å². The van der Waals surface area contributed by atoms with Crippen LogP contribution in [0.4, 0.5) is 0 Å². The average Bonchev–Trinajstić information content (AvgIpc) is 2.52. The van der Waals surface area contributed by atoms with E-state index in [4.69, 9.17) is 4.74 Å². The van der Waals surface area contributed by atoms with E-state index in [9.17, 15) is 0 Å². The zero-order valence-corrected chi connectivity index (χ0v) is 14.5. The van der Waals surface area contributed by atoms with Crippen LogP contribution in [-0.2, 0) is 11.2 Å². The highest BCUT2D eigenvalue weighted by Gasteiger charge is 2.14. The summed E-state index contributed by atoms with van der Waals surface area (Å²) in [6.45, 7) is 3.83. The lowest BCUT2D eigenvalue weighted by molar-refractivity contribution is 0.0687. The van der Waals surface area contributed by atoms with Gasteiger partial charge in [-0.2, -0.15) is 0 Å². The molecule has 0 bridgehead atoms. The van der Waals surface area contributed by atoms with Gasteiger partial charge in [-0.15, -0.1) is 12.4 Å². The molecular formula is C19H26ClNO. The lowest BCUT2D eigenvalue weighted by atomic mass is 9.99. The quantitative estimate of drug-likeness (QED) is 0.752. The average molecular weight is 320 g/mol. The predicted octanol–water partition coefficient (Wildman–Crippen LogP) is 4.34. The summed E-state index contributed by atoms with van der Waals surface area (Å²) in [5, 5.41) is 0. The highest BCUT2D eigenvalue weighted by Crippen LogP contribution is 2.26. The Morgan fingerprint density at radius 3 is 2.05 bits per heavy atom. The van der Waals surface area contributed by atoms with Crippen molar-refractivity contribution in [2.75, 3.05) is 27.2 Å². The van der Waals surface area contributed by atoms with Gasteiger partial charge in [0.2, 0.25) is 0 Å². The van der Waals surface area contributed by atoms with Gasteiger partial charge in [0.05, 0.1) is 6.61 Å². The van der Waals surface area contributed by atoms with Crippen LogP contribution in [-0.4, -0.2) is 32.1 Å². The molecule has 0 radical (unpaired) electrons. The standard InChI is InChI=1S/C19H25NO.ClH/c1-4-16-10-12-18(13-11-16)19(21-15-14-20(2)3)17-8-6-5-7-9-17;/h5-13,19H,4,14-15H2,1-3H3;1H. The lowest BCUT2D eigenvalue weighted by Crippen LogP contribution is -2.20. The largest absolute Gasteiger partial charge is 0.367 e. The fourth-order valence-electron chi connectivity index (χ4n) is 2.29. The maximum absolute atomic E-state index is 6.16. The molecule has 0 saturated carbocycles. The third-order valence-electron chi connectivity index (χ3n) is 3.62. The van der Waals surface area contributed by atoms with Gasteiger partial charge in [0, 0.05) is 6.54 Å². The van der Waals surface area contributed by atoms with Crippen LogP contribution in [0.25, 0.3) is 0 Å². The first-order valence-corrected chi connectivity index (χ1v) is 7.61. The Morgan fingerprint density at radius 1 is 0.909 bits per heavy atom. The molecule has 0 N–H and O–H groups in total. The van der Waals surface area contributed by atoms with Crippen molar-refractivity contribution in [1.29, 1.82) is 0 Å². The van der Waals surface area contributed by atoms with E-state index < -0.39 is 0 Å². The Morgan fingerprint density at radius 2 is 1.50 bits per heavy atom. The summed E-state index contributed by atoms with van der Waals surface area (Å²) in [6.07, 6.45) is 1.08. The summed E-state index contributed by atoms with van der Waals surface area (Å²) >= 11 is 0. The van der Waals surface area contributed by atoms with Crippen molar-refractivity contribution in [3.8, 4) is 0 Å². The summed E-state index contributed by atoms with van der Waals surface area (Å²) in [4.78, 5) is 2.14. The number of likely N-dealkylation sites (N-methyl/N-ethyl adjacent to an activating group) is 1. The monoisotopic (exact) mass is 319 g/mol. The summed E-state index contributed by atoms with van der Waals surface area (Å²) < 4.78 is 6.16. The molecule has 3 heteroatoms. The van der Waals surface area contributed by atoms with Gasteiger partial charge in [0.25, 0.3) is 0 Å². The van der Waals surface area contributed by atoms with Gasteiger partial charge in [-0.1, -0.05) is 61.5 Å². The van der Waals surface area contributed by atoms with E-state index in [-0.39, 0.29) is 18.5 Å². The molecule has 0 heterocycles. The van der Waals surface area contributed by atoms with Gasteiger partial charge in [0.15, 0.2) is 0 Å². The summed E-state index contributed by atoms with van der Waals surface area (Å²) in [5.41, 5.74) is 3.79. The third-order valence-corrected chi connectivity index (χ3v) is 3.62. The molecule has 0 aliphatic heterocycles. The number of rotatable bonds is 7. The van der Waals surface area contributed by atoms with Gasteiger partial charge >= 0.3 is 0 Å². The molecule has 120 valence electrons. The number of halogens is 1. The molecule has 0 saturated heterocycles. The smallest absolute Gasteiger partial charge is 0.108 e. The molecule has 2 aromatic rings.